The molecule has 1 heterocycles. The monoisotopic (exact) mass is 302 g/mol. The van der Waals surface area contributed by atoms with Crippen molar-refractivity contribution in [1.29, 1.82) is 0 Å². The van der Waals surface area contributed by atoms with Gasteiger partial charge in [-0.05, 0) is 18.9 Å². The van der Waals surface area contributed by atoms with Gasteiger partial charge in [0.15, 0.2) is 0 Å². The fourth-order valence-electron chi connectivity index (χ4n) is 2.23. The van der Waals surface area contributed by atoms with Gasteiger partial charge in [0.2, 0.25) is 0 Å². The van der Waals surface area contributed by atoms with Gasteiger partial charge in [-0.25, -0.2) is 4.79 Å². The third kappa shape index (κ3) is 4.60. The van der Waals surface area contributed by atoms with E-state index in [0.717, 1.165) is 11.1 Å². The Morgan fingerprint density at radius 2 is 2.05 bits per heavy atom. The molecule has 1 aromatic carbocycles. The summed E-state index contributed by atoms with van der Waals surface area (Å²) >= 11 is 0. The smallest absolute Gasteiger partial charge is 0.315 e. The lowest BCUT2D eigenvalue weighted by Crippen LogP contribution is -2.45. The van der Waals surface area contributed by atoms with Crippen molar-refractivity contribution in [1.82, 2.24) is 20.4 Å². The van der Waals surface area contributed by atoms with Gasteiger partial charge in [0.25, 0.3) is 0 Å². The van der Waals surface area contributed by atoms with E-state index in [0.29, 0.717) is 6.42 Å². The number of nitrogens with one attached hydrogen (secondary N) is 2. The van der Waals surface area contributed by atoms with Crippen molar-refractivity contribution in [2.75, 3.05) is 6.61 Å². The van der Waals surface area contributed by atoms with Gasteiger partial charge in [-0.3, -0.25) is 4.68 Å². The van der Waals surface area contributed by atoms with Crippen molar-refractivity contribution < 1.29 is 9.90 Å². The molecule has 0 aliphatic rings. The number of carbonyl (C=O) groups excluding carboxylic acids is 1. The quantitative estimate of drug-likeness (QED) is 0.754. The zero-order valence-electron chi connectivity index (χ0n) is 12.9. The van der Waals surface area contributed by atoms with Gasteiger partial charge in [0.05, 0.1) is 24.9 Å². The molecule has 1 aromatic heterocycles. The molecule has 6 nitrogen and oxygen atoms in total. The lowest BCUT2D eigenvalue weighted by molar-refractivity contribution is 0.213. The maximum atomic E-state index is 12.0. The minimum atomic E-state index is -0.316. The Morgan fingerprint density at radius 3 is 2.64 bits per heavy atom. The fourth-order valence-corrected chi connectivity index (χ4v) is 2.23. The molecule has 2 rings (SSSR count). The van der Waals surface area contributed by atoms with Crippen molar-refractivity contribution in [3.63, 3.8) is 0 Å². The number of hydrogen-bond acceptors (Lipinski definition) is 3. The van der Waals surface area contributed by atoms with E-state index in [1.165, 1.54) is 0 Å². The molecule has 0 aliphatic carbocycles. The molecular weight excluding hydrogens is 280 g/mol. The van der Waals surface area contributed by atoms with E-state index in [4.69, 9.17) is 0 Å². The van der Waals surface area contributed by atoms with Gasteiger partial charge in [-0.15, -0.1) is 0 Å². The van der Waals surface area contributed by atoms with Gasteiger partial charge in [-0.1, -0.05) is 30.3 Å². The number of urea groups is 1. The molecular formula is C16H22N4O2. The summed E-state index contributed by atoms with van der Waals surface area (Å²) in [5.41, 5.74) is 2.00. The number of amides is 2. The van der Waals surface area contributed by atoms with Crippen molar-refractivity contribution >= 4 is 6.03 Å². The summed E-state index contributed by atoms with van der Waals surface area (Å²) in [6.07, 6.45) is 4.17. The topological polar surface area (TPSA) is 79.2 Å². The summed E-state index contributed by atoms with van der Waals surface area (Å²) in [7, 11) is 1.83. The van der Waals surface area contributed by atoms with E-state index >= 15 is 0 Å². The molecule has 0 bridgehead atoms. The van der Waals surface area contributed by atoms with Gasteiger partial charge >= 0.3 is 6.03 Å². The van der Waals surface area contributed by atoms with Crippen LogP contribution in [0.15, 0.2) is 42.7 Å². The molecule has 118 valence electrons. The minimum absolute atomic E-state index is 0.108. The number of aryl methyl sites for hydroxylation is 1. The van der Waals surface area contributed by atoms with Crippen LogP contribution in [-0.2, 0) is 13.5 Å². The predicted molar refractivity (Wildman–Crippen MR) is 84.3 cm³/mol. The van der Waals surface area contributed by atoms with Crippen LogP contribution >= 0.6 is 0 Å². The SMILES string of the molecule is C[C@H](NC(=O)N[C@H](CO)Cc1ccccc1)c1cnn(C)c1. The Bertz CT molecular complexity index is 597. The molecule has 0 saturated heterocycles. The van der Waals surface area contributed by atoms with Crippen molar-refractivity contribution in [3.8, 4) is 0 Å². The molecule has 0 fully saturated rings. The third-order valence-corrected chi connectivity index (χ3v) is 3.45. The van der Waals surface area contributed by atoms with Crippen LogP contribution in [0.5, 0.6) is 0 Å². The van der Waals surface area contributed by atoms with Crippen LogP contribution in [0.3, 0.4) is 0 Å². The number of benzene rings is 1. The highest BCUT2D eigenvalue weighted by Gasteiger charge is 2.15. The minimum Gasteiger partial charge on any atom is -0.394 e. The number of aliphatic hydroxyl groups is 1. The van der Waals surface area contributed by atoms with E-state index in [-0.39, 0.29) is 24.7 Å². The van der Waals surface area contributed by atoms with Crippen LogP contribution in [0, 0.1) is 0 Å². The summed E-state index contributed by atoms with van der Waals surface area (Å²) in [5.74, 6) is 0. The molecule has 0 spiro atoms. The number of hydrogen-bond donors (Lipinski definition) is 3. The second kappa shape index (κ2) is 7.61. The van der Waals surface area contributed by atoms with E-state index in [1.54, 1.807) is 10.9 Å². The molecule has 0 radical (unpaired) electrons. The first-order valence-electron chi connectivity index (χ1n) is 7.29. The zero-order chi connectivity index (χ0) is 15.9. The second-order valence-corrected chi connectivity index (χ2v) is 5.36. The molecule has 0 aliphatic heterocycles. The highest BCUT2D eigenvalue weighted by molar-refractivity contribution is 5.74. The molecule has 0 unspecified atom stereocenters. The maximum Gasteiger partial charge on any atom is 0.315 e. The van der Waals surface area contributed by atoms with E-state index in [2.05, 4.69) is 15.7 Å². The van der Waals surface area contributed by atoms with Crippen LogP contribution in [0.4, 0.5) is 4.79 Å². The fraction of sp³-hybridized carbons (Fsp3) is 0.375. The summed E-state index contributed by atoms with van der Waals surface area (Å²) in [5, 5.41) is 19.2. The number of carbonyl (C=O) groups is 1. The Kier molecular flexibility index (Phi) is 5.55. The van der Waals surface area contributed by atoms with Crippen molar-refractivity contribution in [2.24, 2.45) is 7.05 Å². The summed E-state index contributed by atoms with van der Waals surface area (Å²) < 4.78 is 1.69. The lowest BCUT2D eigenvalue weighted by Gasteiger charge is -2.19. The average molecular weight is 302 g/mol. The third-order valence-electron chi connectivity index (χ3n) is 3.45. The first kappa shape index (κ1) is 16.0. The average Bonchev–Trinajstić information content (AvgIpc) is 2.94. The van der Waals surface area contributed by atoms with Gasteiger partial charge in [-0.2, -0.15) is 5.10 Å². The first-order chi connectivity index (χ1) is 10.6. The summed E-state index contributed by atoms with van der Waals surface area (Å²) in [6.45, 7) is 1.78. The van der Waals surface area contributed by atoms with E-state index in [9.17, 15) is 9.90 Å². The highest BCUT2D eigenvalue weighted by atomic mass is 16.3. The van der Waals surface area contributed by atoms with Gasteiger partial charge < -0.3 is 15.7 Å². The van der Waals surface area contributed by atoms with Crippen molar-refractivity contribution in [2.45, 2.75) is 25.4 Å². The molecule has 2 atom stereocenters. The molecule has 2 amide bonds. The second-order valence-electron chi connectivity index (χ2n) is 5.36. The molecule has 22 heavy (non-hydrogen) atoms. The number of aromatic nitrogens is 2. The predicted octanol–water partition coefficient (Wildman–Crippen LogP) is 1.38. The maximum absolute atomic E-state index is 12.0. The number of rotatable bonds is 6. The summed E-state index contributed by atoms with van der Waals surface area (Å²) in [6, 6.07) is 9.00. The first-order valence-corrected chi connectivity index (χ1v) is 7.29. The van der Waals surface area contributed by atoms with Crippen LogP contribution < -0.4 is 10.6 Å². The Morgan fingerprint density at radius 1 is 1.32 bits per heavy atom. The number of nitrogens with zero attached hydrogens (tertiary/aromatic N) is 2. The van der Waals surface area contributed by atoms with Crippen molar-refractivity contribution in [3.05, 3.63) is 53.9 Å². The molecule has 0 saturated carbocycles. The number of aliphatic hydroxyl groups excluding tert-OH is 1. The Hall–Kier alpha value is -2.34. The van der Waals surface area contributed by atoms with Crippen LogP contribution in [0.25, 0.3) is 0 Å². The van der Waals surface area contributed by atoms with E-state index < -0.39 is 0 Å². The Balaban J connectivity index is 1.86. The molecule has 2 aromatic rings. The van der Waals surface area contributed by atoms with Gasteiger partial charge in [0, 0.05) is 18.8 Å². The zero-order valence-corrected chi connectivity index (χ0v) is 12.9. The Labute approximate surface area is 130 Å². The molecule has 3 N–H and O–H groups in total. The summed E-state index contributed by atoms with van der Waals surface area (Å²) in [4.78, 5) is 12.0. The van der Waals surface area contributed by atoms with E-state index in [1.807, 2.05) is 50.5 Å². The largest absolute Gasteiger partial charge is 0.394 e. The standard InChI is InChI=1S/C16H22N4O2/c1-12(14-9-17-20(2)10-14)18-16(22)19-15(11-21)8-13-6-4-3-5-7-13/h3-7,9-10,12,15,21H,8,11H2,1-2H3,(H2,18,19,22)/t12-,15-/m0/s1. The van der Waals surface area contributed by atoms with Crippen LogP contribution in [0.1, 0.15) is 24.1 Å². The van der Waals surface area contributed by atoms with Gasteiger partial charge in [0.1, 0.15) is 0 Å². The highest BCUT2D eigenvalue weighted by Crippen LogP contribution is 2.10. The van der Waals surface area contributed by atoms with Crippen LogP contribution in [-0.4, -0.2) is 33.6 Å². The normalized spacial score (nSPS) is 13.4. The lowest BCUT2D eigenvalue weighted by atomic mass is 10.1. The molecule has 6 heteroatoms. The van der Waals surface area contributed by atoms with Crippen LogP contribution in [0.2, 0.25) is 0 Å².